The topological polar surface area (TPSA) is 69.6 Å². The molecule has 0 radical (unpaired) electrons. The molecule has 0 aliphatic rings. The molecule has 2 atom stereocenters. The van der Waals surface area contributed by atoms with Gasteiger partial charge in [-0.2, -0.15) is 0 Å². The molecule has 0 saturated carbocycles. The lowest BCUT2D eigenvalue weighted by molar-refractivity contribution is -0.123. The third-order valence-electron chi connectivity index (χ3n) is 10.5. The van der Waals surface area contributed by atoms with E-state index >= 15 is 0 Å². The molecule has 0 saturated heterocycles. The van der Waals surface area contributed by atoms with Gasteiger partial charge in [0.1, 0.15) is 0 Å². The summed E-state index contributed by atoms with van der Waals surface area (Å²) in [6.45, 7) is 4.16. The molecule has 1 amide bonds. The third kappa shape index (κ3) is 46.0. The van der Waals surface area contributed by atoms with Crippen molar-refractivity contribution in [3.05, 3.63) is 109 Å². The van der Waals surface area contributed by atoms with Crippen LogP contribution in [-0.4, -0.2) is 34.9 Å². The Balaban J connectivity index is 3.62. The third-order valence-corrected chi connectivity index (χ3v) is 10.5. The SMILES string of the molecule is CC/C=C\C/C=C\C/C=C\C/C=C\C/C=C\C/C=C\CCCCCCCCCCCCCCC(=O)NC(CO)C(O)/C=C/CC/C=C/CC/C=C/CCCCCCCC. The summed E-state index contributed by atoms with van der Waals surface area (Å²) in [5.74, 6) is -0.0854. The van der Waals surface area contributed by atoms with Crippen LogP contribution in [0, 0.1) is 0 Å². The van der Waals surface area contributed by atoms with E-state index in [2.05, 4.69) is 116 Å². The summed E-state index contributed by atoms with van der Waals surface area (Å²) in [5.41, 5.74) is 0. The van der Waals surface area contributed by atoms with Crippen LogP contribution in [0.1, 0.15) is 213 Å². The predicted octanol–water partition coefficient (Wildman–Crippen LogP) is 16.0. The van der Waals surface area contributed by atoms with Gasteiger partial charge in [0.05, 0.1) is 18.8 Å². The molecule has 0 heterocycles. The molecular weight excluding hydrogens is 723 g/mol. The highest BCUT2D eigenvalue weighted by Gasteiger charge is 2.17. The van der Waals surface area contributed by atoms with Crippen LogP contribution in [0.25, 0.3) is 0 Å². The fourth-order valence-electron chi connectivity index (χ4n) is 6.74. The van der Waals surface area contributed by atoms with Crippen molar-refractivity contribution in [2.75, 3.05) is 6.61 Å². The molecule has 59 heavy (non-hydrogen) atoms. The van der Waals surface area contributed by atoms with Crippen molar-refractivity contribution in [2.24, 2.45) is 0 Å². The van der Waals surface area contributed by atoms with Crippen LogP contribution in [0.4, 0.5) is 0 Å². The molecule has 336 valence electrons. The number of hydrogen-bond acceptors (Lipinski definition) is 3. The quantitative estimate of drug-likeness (QED) is 0.0424. The number of allylic oxidation sites excluding steroid dienone is 17. The number of hydrogen-bond donors (Lipinski definition) is 3. The summed E-state index contributed by atoms with van der Waals surface area (Å²) in [6, 6.07) is -0.653. The van der Waals surface area contributed by atoms with E-state index in [1.54, 1.807) is 6.08 Å². The molecule has 0 bridgehead atoms. The molecular formula is C55H93NO3. The fourth-order valence-corrected chi connectivity index (χ4v) is 6.74. The van der Waals surface area contributed by atoms with Gasteiger partial charge in [0.2, 0.25) is 5.91 Å². The number of rotatable bonds is 43. The number of carbonyl (C=O) groups is 1. The van der Waals surface area contributed by atoms with Crippen LogP contribution in [0.2, 0.25) is 0 Å². The van der Waals surface area contributed by atoms with Gasteiger partial charge in [-0.15, -0.1) is 0 Å². The van der Waals surface area contributed by atoms with Gasteiger partial charge >= 0.3 is 0 Å². The van der Waals surface area contributed by atoms with E-state index in [9.17, 15) is 15.0 Å². The number of unbranched alkanes of at least 4 members (excludes halogenated alkanes) is 20. The van der Waals surface area contributed by atoms with Gasteiger partial charge in [-0.1, -0.05) is 220 Å². The summed E-state index contributed by atoms with van der Waals surface area (Å²) >= 11 is 0. The van der Waals surface area contributed by atoms with Gasteiger partial charge in [-0.05, 0) is 96.3 Å². The van der Waals surface area contributed by atoms with E-state index in [-0.39, 0.29) is 12.5 Å². The molecule has 0 rings (SSSR count). The highest BCUT2D eigenvalue weighted by Crippen LogP contribution is 2.14. The molecule has 0 aromatic rings. The Hall–Kier alpha value is -2.95. The maximum Gasteiger partial charge on any atom is 0.220 e. The number of aliphatic hydroxyl groups is 2. The Morgan fingerprint density at radius 2 is 0.763 bits per heavy atom. The molecule has 0 aromatic carbocycles. The highest BCUT2D eigenvalue weighted by atomic mass is 16.3. The normalized spacial score (nSPS) is 13.9. The lowest BCUT2D eigenvalue weighted by Crippen LogP contribution is -2.45. The number of carbonyl (C=O) groups excluding carboxylic acids is 1. The zero-order valence-corrected chi connectivity index (χ0v) is 38.5. The maximum absolute atomic E-state index is 12.4. The smallest absolute Gasteiger partial charge is 0.220 e. The first-order valence-corrected chi connectivity index (χ1v) is 24.6. The molecule has 4 nitrogen and oxygen atoms in total. The van der Waals surface area contributed by atoms with Gasteiger partial charge in [0.15, 0.2) is 0 Å². The largest absolute Gasteiger partial charge is 0.394 e. The van der Waals surface area contributed by atoms with Crippen LogP contribution in [0.15, 0.2) is 109 Å². The van der Waals surface area contributed by atoms with Crippen molar-refractivity contribution in [3.8, 4) is 0 Å². The first kappa shape index (κ1) is 56.1. The summed E-state index contributed by atoms with van der Waals surface area (Å²) in [4.78, 5) is 12.4. The molecule has 4 heteroatoms. The second-order valence-corrected chi connectivity index (χ2v) is 16.1. The van der Waals surface area contributed by atoms with Crippen LogP contribution in [-0.2, 0) is 4.79 Å². The van der Waals surface area contributed by atoms with Gasteiger partial charge in [0, 0.05) is 6.42 Å². The fraction of sp³-hybridized carbons (Fsp3) is 0.655. The van der Waals surface area contributed by atoms with Crippen molar-refractivity contribution < 1.29 is 15.0 Å². The van der Waals surface area contributed by atoms with E-state index in [0.717, 1.165) is 77.0 Å². The van der Waals surface area contributed by atoms with Crippen molar-refractivity contribution >= 4 is 5.91 Å². The van der Waals surface area contributed by atoms with Crippen LogP contribution >= 0.6 is 0 Å². The lowest BCUT2D eigenvalue weighted by atomic mass is 10.0. The highest BCUT2D eigenvalue weighted by molar-refractivity contribution is 5.76. The minimum atomic E-state index is -0.877. The second-order valence-electron chi connectivity index (χ2n) is 16.1. The Bertz CT molecular complexity index is 1150. The molecule has 2 unspecified atom stereocenters. The maximum atomic E-state index is 12.4. The molecule has 0 aliphatic carbocycles. The zero-order chi connectivity index (χ0) is 42.8. The Kier molecular flexibility index (Phi) is 46.9. The minimum Gasteiger partial charge on any atom is -0.394 e. The van der Waals surface area contributed by atoms with Gasteiger partial charge in [-0.25, -0.2) is 0 Å². The number of aliphatic hydroxyl groups excluding tert-OH is 2. The van der Waals surface area contributed by atoms with E-state index in [1.807, 2.05) is 6.08 Å². The summed E-state index contributed by atoms with van der Waals surface area (Å²) in [6.07, 6.45) is 75.0. The van der Waals surface area contributed by atoms with Crippen molar-refractivity contribution in [3.63, 3.8) is 0 Å². The lowest BCUT2D eigenvalue weighted by Gasteiger charge is -2.19. The average molecular weight is 816 g/mol. The average Bonchev–Trinajstić information content (AvgIpc) is 3.24. The van der Waals surface area contributed by atoms with Crippen LogP contribution in [0.5, 0.6) is 0 Å². The molecule has 0 aliphatic heterocycles. The molecule has 3 N–H and O–H groups in total. The van der Waals surface area contributed by atoms with Crippen molar-refractivity contribution in [1.29, 1.82) is 0 Å². The summed E-state index contributed by atoms with van der Waals surface area (Å²) in [5, 5.41) is 23.0. The van der Waals surface area contributed by atoms with Crippen LogP contribution < -0.4 is 5.32 Å². The zero-order valence-electron chi connectivity index (χ0n) is 38.5. The monoisotopic (exact) mass is 816 g/mol. The molecule has 0 fully saturated rings. The standard InChI is InChI=1S/C55H93NO3/c1-3-5-7-9-11-13-15-17-19-21-22-23-24-25-26-27-28-29-30-31-32-33-34-35-37-39-41-43-45-47-49-51-55(59)56-53(52-57)54(58)50-48-46-44-42-40-38-36-20-18-16-14-12-10-8-6-4-2/h5,7,11,13,17-20,22-23,25-26,28-29,40,42,48,50,53-54,57-58H,3-4,6,8-10,12,14-16,21,24,27,30-39,41,43-47,49,51-52H2,1-2H3,(H,56,59)/b7-5-,13-11-,19-17-,20-18+,23-22-,26-25-,29-28-,42-40+,50-48+. The first-order chi connectivity index (χ1) is 29.2. The number of amides is 1. The number of nitrogens with one attached hydrogen (secondary N) is 1. The predicted molar refractivity (Wildman–Crippen MR) is 262 cm³/mol. The van der Waals surface area contributed by atoms with Gasteiger partial charge in [-0.3, -0.25) is 4.79 Å². The van der Waals surface area contributed by atoms with E-state index < -0.39 is 12.1 Å². The molecule has 0 aromatic heterocycles. The van der Waals surface area contributed by atoms with E-state index in [4.69, 9.17) is 0 Å². The summed E-state index contributed by atoms with van der Waals surface area (Å²) in [7, 11) is 0. The van der Waals surface area contributed by atoms with E-state index in [1.165, 1.54) is 116 Å². The molecule has 0 spiro atoms. The van der Waals surface area contributed by atoms with Gasteiger partial charge < -0.3 is 15.5 Å². The Labute approximate surface area is 366 Å². The second kappa shape index (κ2) is 49.4. The Morgan fingerprint density at radius 1 is 0.424 bits per heavy atom. The van der Waals surface area contributed by atoms with E-state index in [0.29, 0.717) is 6.42 Å². The van der Waals surface area contributed by atoms with Crippen LogP contribution in [0.3, 0.4) is 0 Å². The van der Waals surface area contributed by atoms with Gasteiger partial charge in [0.25, 0.3) is 0 Å². The summed E-state index contributed by atoms with van der Waals surface area (Å²) < 4.78 is 0. The Morgan fingerprint density at radius 3 is 1.19 bits per heavy atom. The first-order valence-electron chi connectivity index (χ1n) is 24.6. The van der Waals surface area contributed by atoms with Crippen molar-refractivity contribution in [1.82, 2.24) is 5.32 Å². The van der Waals surface area contributed by atoms with Crippen molar-refractivity contribution in [2.45, 2.75) is 225 Å². The minimum absolute atomic E-state index is 0.0854.